The molecule has 0 spiro atoms. The second kappa shape index (κ2) is 8.36. The van der Waals surface area contributed by atoms with Crippen LogP contribution < -0.4 is 19.7 Å². The summed E-state index contributed by atoms with van der Waals surface area (Å²) >= 11 is 3.85. The number of rotatable bonds is 6. The van der Waals surface area contributed by atoms with E-state index in [-0.39, 0.29) is 5.91 Å². The summed E-state index contributed by atoms with van der Waals surface area (Å²) in [5.41, 5.74) is 2.02. The van der Waals surface area contributed by atoms with Crippen molar-refractivity contribution >= 4 is 45.5 Å². The van der Waals surface area contributed by atoms with E-state index in [1.165, 1.54) is 12.8 Å². The normalized spacial score (nSPS) is 19.3. The first-order valence-electron chi connectivity index (χ1n) is 9.30. The van der Waals surface area contributed by atoms with Crippen molar-refractivity contribution in [1.29, 1.82) is 0 Å². The Kier molecular flexibility index (Phi) is 5.89. The van der Waals surface area contributed by atoms with Gasteiger partial charge in [0.15, 0.2) is 11.5 Å². The third-order valence-electron chi connectivity index (χ3n) is 5.17. The Hall–Kier alpha value is -1.32. The van der Waals surface area contributed by atoms with Crippen molar-refractivity contribution in [1.82, 2.24) is 5.32 Å². The number of hydrogen-bond acceptors (Lipinski definition) is 5. The van der Waals surface area contributed by atoms with Crippen LogP contribution in [0, 0.1) is 2.88 Å². The maximum absolute atomic E-state index is 12.9. The van der Waals surface area contributed by atoms with Gasteiger partial charge in [-0.2, -0.15) is 0 Å². The molecule has 5 nitrogen and oxygen atoms in total. The molecule has 1 aromatic heterocycles. The standard InChI is InChI=1S/C20H23IN2O3S/c1-25-17-12-15(4-5-16(17)26-10-7-14-3-2-8-22-14)23-9-6-13-11-18(21)27-19(13)20(23)24/h4-5,11-12,14,22H,2-3,6-10H2,1H3. The molecular formula is C20H23IN2O3S. The highest BCUT2D eigenvalue weighted by molar-refractivity contribution is 14.1. The van der Waals surface area contributed by atoms with E-state index < -0.39 is 0 Å². The summed E-state index contributed by atoms with van der Waals surface area (Å²) in [5.74, 6) is 1.48. The van der Waals surface area contributed by atoms with Gasteiger partial charge >= 0.3 is 0 Å². The van der Waals surface area contributed by atoms with E-state index >= 15 is 0 Å². The van der Waals surface area contributed by atoms with Crippen LogP contribution in [0.1, 0.15) is 34.5 Å². The van der Waals surface area contributed by atoms with E-state index in [1.54, 1.807) is 18.4 Å². The smallest absolute Gasteiger partial charge is 0.268 e. The van der Waals surface area contributed by atoms with Gasteiger partial charge in [-0.3, -0.25) is 4.79 Å². The minimum Gasteiger partial charge on any atom is -0.493 e. The lowest BCUT2D eigenvalue weighted by molar-refractivity contribution is 0.0985. The number of ether oxygens (including phenoxy) is 2. The van der Waals surface area contributed by atoms with E-state index in [0.717, 1.165) is 44.1 Å². The minimum atomic E-state index is 0.0761. The van der Waals surface area contributed by atoms with Crippen LogP contribution in [0.15, 0.2) is 24.3 Å². The van der Waals surface area contributed by atoms with Crippen LogP contribution in [-0.4, -0.2) is 38.8 Å². The predicted molar refractivity (Wildman–Crippen MR) is 117 cm³/mol. The molecule has 1 N–H and O–H groups in total. The van der Waals surface area contributed by atoms with E-state index in [9.17, 15) is 4.79 Å². The summed E-state index contributed by atoms with van der Waals surface area (Å²) in [4.78, 5) is 15.6. The molecule has 3 heterocycles. The van der Waals surface area contributed by atoms with Gasteiger partial charge in [0.05, 0.1) is 21.5 Å². The van der Waals surface area contributed by atoms with E-state index in [0.29, 0.717) is 24.9 Å². The summed E-state index contributed by atoms with van der Waals surface area (Å²) in [6.07, 6.45) is 4.35. The average Bonchev–Trinajstić information content (AvgIpc) is 3.32. The molecule has 2 aliphatic heterocycles. The molecule has 1 fully saturated rings. The lowest BCUT2D eigenvalue weighted by Crippen LogP contribution is -2.36. The lowest BCUT2D eigenvalue weighted by atomic mass is 10.1. The Morgan fingerprint density at radius 2 is 2.22 bits per heavy atom. The Labute approximate surface area is 177 Å². The fraction of sp³-hybridized carbons (Fsp3) is 0.450. The van der Waals surface area contributed by atoms with Gasteiger partial charge in [-0.15, -0.1) is 11.3 Å². The zero-order valence-corrected chi connectivity index (χ0v) is 18.3. The van der Waals surface area contributed by atoms with E-state index in [4.69, 9.17) is 9.47 Å². The van der Waals surface area contributed by atoms with Crippen LogP contribution in [0.2, 0.25) is 0 Å². The van der Waals surface area contributed by atoms with Gasteiger partial charge in [0.1, 0.15) is 0 Å². The van der Waals surface area contributed by atoms with E-state index in [2.05, 4.69) is 34.0 Å². The molecule has 2 aromatic rings. The summed E-state index contributed by atoms with van der Waals surface area (Å²) < 4.78 is 12.6. The van der Waals surface area contributed by atoms with Crippen LogP contribution >= 0.6 is 33.9 Å². The molecule has 1 saturated heterocycles. The highest BCUT2D eigenvalue weighted by Gasteiger charge is 2.28. The van der Waals surface area contributed by atoms with E-state index in [1.807, 2.05) is 23.1 Å². The summed E-state index contributed by atoms with van der Waals surface area (Å²) in [6.45, 7) is 2.46. The van der Waals surface area contributed by atoms with Gasteiger partial charge in [-0.05, 0) is 78.6 Å². The van der Waals surface area contributed by atoms with Crippen LogP contribution in [0.4, 0.5) is 5.69 Å². The quantitative estimate of drug-likeness (QED) is 0.610. The first-order chi connectivity index (χ1) is 13.2. The molecule has 0 aliphatic carbocycles. The van der Waals surface area contributed by atoms with Crippen molar-refractivity contribution in [2.24, 2.45) is 0 Å². The number of halogens is 1. The van der Waals surface area contributed by atoms with Crippen LogP contribution in [0.5, 0.6) is 11.5 Å². The zero-order chi connectivity index (χ0) is 18.8. The fourth-order valence-corrected chi connectivity index (χ4v) is 5.64. The molecule has 2 aliphatic rings. The van der Waals surface area contributed by atoms with Gasteiger partial charge in [-0.1, -0.05) is 0 Å². The minimum absolute atomic E-state index is 0.0761. The number of nitrogens with zero attached hydrogens (tertiary/aromatic N) is 1. The molecule has 27 heavy (non-hydrogen) atoms. The number of hydrogen-bond donors (Lipinski definition) is 1. The maximum Gasteiger partial charge on any atom is 0.268 e. The van der Waals surface area contributed by atoms with Crippen molar-refractivity contribution in [3.05, 3.63) is 37.6 Å². The van der Waals surface area contributed by atoms with Gasteiger partial charge in [-0.25, -0.2) is 0 Å². The number of carbonyl (C=O) groups is 1. The number of amides is 1. The second-order valence-electron chi connectivity index (χ2n) is 6.88. The van der Waals surface area contributed by atoms with Crippen molar-refractivity contribution in [3.63, 3.8) is 0 Å². The Morgan fingerprint density at radius 1 is 1.33 bits per heavy atom. The average molecular weight is 498 g/mol. The molecule has 1 amide bonds. The zero-order valence-electron chi connectivity index (χ0n) is 15.3. The van der Waals surface area contributed by atoms with Gasteiger partial charge in [0, 0.05) is 24.3 Å². The maximum atomic E-state index is 12.9. The fourth-order valence-electron chi connectivity index (χ4n) is 3.72. The molecule has 1 aromatic carbocycles. The van der Waals surface area contributed by atoms with Crippen LogP contribution in [0.3, 0.4) is 0 Å². The lowest BCUT2D eigenvalue weighted by Gasteiger charge is -2.27. The number of nitrogens with one attached hydrogen (secondary N) is 1. The Balaban J connectivity index is 1.47. The molecule has 1 unspecified atom stereocenters. The second-order valence-corrected chi connectivity index (χ2v) is 9.82. The first-order valence-corrected chi connectivity index (χ1v) is 11.2. The van der Waals surface area contributed by atoms with Crippen LogP contribution in [-0.2, 0) is 6.42 Å². The Bertz CT molecular complexity index is 833. The number of fused-ring (bicyclic) bond motifs is 1. The number of benzene rings is 1. The first kappa shape index (κ1) is 19.0. The third-order valence-corrected chi connectivity index (χ3v) is 7.09. The predicted octanol–water partition coefficient (Wildman–Crippen LogP) is 4.09. The summed E-state index contributed by atoms with van der Waals surface area (Å²) in [7, 11) is 1.64. The number of carbonyl (C=O) groups excluding carboxylic acids is 1. The van der Waals surface area contributed by atoms with Crippen molar-refractivity contribution in [2.75, 3.05) is 31.7 Å². The molecule has 0 saturated carbocycles. The van der Waals surface area contributed by atoms with Crippen molar-refractivity contribution < 1.29 is 14.3 Å². The van der Waals surface area contributed by atoms with Crippen LogP contribution in [0.25, 0.3) is 0 Å². The topological polar surface area (TPSA) is 50.8 Å². The van der Waals surface area contributed by atoms with Crippen molar-refractivity contribution in [2.45, 2.75) is 31.7 Å². The number of methoxy groups -OCH3 is 1. The van der Waals surface area contributed by atoms with Gasteiger partial charge < -0.3 is 19.7 Å². The molecule has 1 atom stereocenters. The third kappa shape index (κ3) is 4.09. The van der Waals surface area contributed by atoms with Gasteiger partial charge in [0.25, 0.3) is 5.91 Å². The molecule has 0 bridgehead atoms. The largest absolute Gasteiger partial charge is 0.493 e. The molecular weight excluding hydrogens is 475 g/mol. The number of thiophene rings is 1. The molecule has 4 rings (SSSR count). The summed E-state index contributed by atoms with van der Waals surface area (Å²) in [5, 5.41) is 3.48. The molecule has 0 radical (unpaired) electrons. The molecule has 144 valence electrons. The highest BCUT2D eigenvalue weighted by Crippen LogP contribution is 2.36. The Morgan fingerprint density at radius 3 is 3.00 bits per heavy atom. The summed E-state index contributed by atoms with van der Waals surface area (Å²) in [6, 6.07) is 8.45. The monoisotopic (exact) mass is 498 g/mol. The van der Waals surface area contributed by atoms with Crippen molar-refractivity contribution in [3.8, 4) is 11.5 Å². The SMILES string of the molecule is COc1cc(N2CCc3cc(I)sc3C2=O)ccc1OCCC1CCCN1. The van der Waals surface area contributed by atoms with Gasteiger partial charge in [0.2, 0.25) is 0 Å². The molecule has 7 heteroatoms. The highest BCUT2D eigenvalue weighted by atomic mass is 127. The number of anilines is 1.